The van der Waals surface area contributed by atoms with Gasteiger partial charge < -0.3 is 14.8 Å². The van der Waals surface area contributed by atoms with E-state index in [1.54, 1.807) is 37.4 Å². The lowest BCUT2D eigenvalue weighted by molar-refractivity contribution is -0.123. The summed E-state index contributed by atoms with van der Waals surface area (Å²) in [4.78, 5) is 25.2. The Balaban J connectivity index is 2.09. The van der Waals surface area contributed by atoms with Crippen molar-refractivity contribution in [1.29, 1.82) is 0 Å². The van der Waals surface area contributed by atoms with Crippen LogP contribution in [0.5, 0.6) is 11.5 Å². The van der Waals surface area contributed by atoms with Gasteiger partial charge in [-0.05, 0) is 78.3 Å². The molecular formula is C23H27ClIN3O4. The van der Waals surface area contributed by atoms with Gasteiger partial charge in [0.25, 0.3) is 11.8 Å². The molecule has 0 fully saturated rings. The van der Waals surface area contributed by atoms with Crippen LogP contribution in [0.3, 0.4) is 0 Å². The zero-order valence-corrected chi connectivity index (χ0v) is 21.5. The monoisotopic (exact) mass is 571 g/mol. The van der Waals surface area contributed by atoms with Crippen LogP contribution in [0.25, 0.3) is 0 Å². The second kappa shape index (κ2) is 12.1. The van der Waals surface area contributed by atoms with Crippen LogP contribution in [-0.4, -0.2) is 37.3 Å². The standard InChI is InChI=1S/C23H27ClIN3O4/c1-13(2)20(27-22(29)16-7-6-8-17(24)11-16)23(30)28-26-12-15-9-18(25)21(32-14(3)4)19(10-15)31-5/h6-14,20H,1-5H3,(H,27,29)(H,28,30). The number of methoxy groups -OCH3 is 1. The zero-order valence-electron chi connectivity index (χ0n) is 18.6. The van der Waals surface area contributed by atoms with Crippen LogP contribution < -0.4 is 20.2 Å². The van der Waals surface area contributed by atoms with Crippen LogP contribution >= 0.6 is 34.2 Å². The Morgan fingerprint density at radius 3 is 2.47 bits per heavy atom. The van der Waals surface area contributed by atoms with E-state index >= 15 is 0 Å². The summed E-state index contributed by atoms with van der Waals surface area (Å²) in [5.41, 5.74) is 3.61. The van der Waals surface area contributed by atoms with E-state index in [9.17, 15) is 9.59 Å². The molecular weight excluding hydrogens is 545 g/mol. The third-order valence-corrected chi connectivity index (χ3v) is 5.35. The van der Waals surface area contributed by atoms with Gasteiger partial charge in [0, 0.05) is 10.6 Å². The van der Waals surface area contributed by atoms with Crippen molar-refractivity contribution < 1.29 is 19.1 Å². The van der Waals surface area contributed by atoms with Crippen LogP contribution in [0.4, 0.5) is 0 Å². The number of rotatable bonds is 9. The van der Waals surface area contributed by atoms with Crippen LogP contribution in [0.15, 0.2) is 41.5 Å². The predicted molar refractivity (Wildman–Crippen MR) is 135 cm³/mol. The first-order valence-electron chi connectivity index (χ1n) is 10.1. The molecule has 7 nitrogen and oxygen atoms in total. The van der Waals surface area contributed by atoms with E-state index in [0.29, 0.717) is 22.1 Å². The predicted octanol–water partition coefficient (Wildman–Crippen LogP) is 4.65. The smallest absolute Gasteiger partial charge is 0.262 e. The lowest BCUT2D eigenvalue weighted by Gasteiger charge is -2.20. The van der Waals surface area contributed by atoms with E-state index in [2.05, 4.69) is 38.4 Å². The van der Waals surface area contributed by atoms with E-state index in [-0.39, 0.29) is 17.9 Å². The molecule has 0 spiro atoms. The fourth-order valence-electron chi connectivity index (χ4n) is 2.79. The zero-order chi connectivity index (χ0) is 23.8. The highest BCUT2D eigenvalue weighted by Crippen LogP contribution is 2.34. The average Bonchev–Trinajstić information content (AvgIpc) is 2.72. The maximum Gasteiger partial charge on any atom is 0.262 e. The van der Waals surface area contributed by atoms with Crippen molar-refractivity contribution in [3.63, 3.8) is 0 Å². The molecule has 0 heterocycles. The fourth-order valence-corrected chi connectivity index (χ4v) is 3.74. The summed E-state index contributed by atoms with van der Waals surface area (Å²) in [6.45, 7) is 7.56. The number of benzene rings is 2. The van der Waals surface area contributed by atoms with E-state index in [1.165, 1.54) is 6.21 Å². The summed E-state index contributed by atoms with van der Waals surface area (Å²) >= 11 is 8.11. The van der Waals surface area contributed by atoms with E-state index in [4.69, 9.17) is 21.1 Å². The number of hydrogen-bond acceptors (Lipinski definition) is 5. The van der Waals surface area contributed by atoms with Crippen molar-refractivity contribution in [3.05, 3.63) is 56.1 Å². The Morgan fingerprint density at radius 1 is 1.16 bits per heavy atom. The Morgan fingerprint density at radius 2 is 1.88 bits per heavy atom. The second-order valence-electron chi connectivity index (χ2n) is 7.64. The molecule has 0 aliphatic carbocycles. The summed E-state index contributed by atoms with van der Waals surface area (Å²) in [5, 5.41) is 7.24. The maximum atomic E-state index is 12.7. The molecule has 1 atom stereocenters. The number of nitrogens with zero attached hydrogens (tertiary/aromatic N) is 1. The van der Waals surface area contributed by atoms with Gasteiger partial charge in [-0.3, -0.25) is 9.59 Å². The van der Waals surface area contributed by atoms with Crippen molar-refractivity contribution in [1.82, 2.24) is 10.7 Å². The number of hydrazone groups is 1. The molecule has 0 aliphatic heterocycles. The highest BCUT2D eigenvalue weighted by atomic mass is 127. The molecule has 0 saturated carbocycles. The lowest BCUT2D eigenvalue weighted by Crippen LogP contribution is -2.48. The van der Waals surface area contributed by atoms with Crippen molar-refractivity contribution in [3.8, 4) is 11.5 Å². The van der Waals surface area contributed by atoms with Gasteiger partial charge in [0.15, 0.2) is 11.5 Å². The van der Waals surface area contributed by atoms with Gasteiger partial charge in [-0.25, -0.2) is 5.43 Å². The van der Waals surface area contributed by atoms with Gasteiger partial charge in [0.05, 0.1) is 23.0 Å². The number of nitrogens with one attached hydrogen (secondary N) is 2. The summed E-state index contributed by atoms with van der Waals surface area (Å²) in [6, 6.07) is 9.42. The van der Waals surface area contributed by atoms with Gasteiger partial charge in [-0.1, -0.05) is 31.5 Å². The number of amides is 2. The Hall–Kier alpha value is -2.33. The first-order chi connectivity index (χ1) is 15.1. The average molecular weight is 572 g/mol. The SMILES string of the molecule is COc1cc(C=NNC(=O)C(NC(=O)c2cccc(Cl)c2)C(C)C)cc(I)c1OC(C)C. The third-order valence-electron chi connectivity index (χ3n) is 4.32. The number of carbonyl (C=O) groups excluding carboxylic acids is 2. The van der Waals surface area contributed by atoms with Gasteiger partial charge >= 0.3 is 0 Å². The highest BCUT2D eigenvalue weighted by Gasteiger charge is 2.24. The van der Waals surface area contributed by atoms with Gasteiger partial charge in [-0.15, -0.1) is 0 Å². The molecule has 0 radical (unpaired) electrons. The van der Waals surface area contributed by atoms with Crippen LogP contribution in [0.2, 0.25) is 5.02 Å². The van der Waals surface area contributed by atoms with Crippen molar-refractivity contribution in [2.24, 2.45) is 11.0 Å². The molecule has 2 amide bonds. The van der Waals surface area contributed by atoms with Crippen molar-refractivity contribution >= 4 is 52.2 Å². The van der Waals surface area contributed by atoms with Crippen LogP contribution in [0, 0.1) is 9.49 Å². The van der Waals surface area contributed by atoms with Crippen molar-refractivity contribution in [2.75, 3.05) is 7.11 Å². The number of carbonyl (C=O) groups is 2. The molecule has 2 aromatic rings. The lowest BCUT2D eigenvalue weighted by atomic mass is 10.0. The van der Waals surface area contributed by atoms with E-state index in [1.807, 2.05) is 33.8 Å². The molecule has 0 aromatic heterocycles. The molecule has 2 N–H and O–H groups in total. The molecule has 32 heavy (non-hydrogen) atoms. The molecule has 1 unspecified atom stereocenters. The van der Waals surface area contributed by atoms with Crippen LogP contribution in [0.1, 0.15) is 43.6 Å². The minimum absolute atomic E-state index is 0.00584. The molecule has 172 valence electrons. The largest absolute Gasteiger partial charge is 0.493 e. The number of halogens is 2. The first kappa shape index (κ1) is 25.9. The number of ether oxygens (including phenoxy) is 2. The summed E-state index contributed by atoms with van der Waals surface area (Å²) in [7, 11) is 1.57. The molecule has 0 bridgehead atoms. The van der Waals surface area contributed by atoms with Crippen molar-refractivity contribution in [2.45, 2.75) is 39.8 Å². The van der Waals surface area contributed by atoms with Crippen LogP contribution in [-0.2, 0) is 4.79 Å². The minimum atomic E-state index is -0.768. The maximum absolute atomic E-state index is 12.7. The Labute approximate surface area is 207 Å². The molecule has 0 aliphatic rings. The van der Waals surface area contributed by atoms with Gasteiger partial charge in [0.2, 0.25) is 0 Å². The van der Waals surface area contributed by atoms with Gasteiger partial charge in [0.1, 0.15) is 6.04 Å². The number of hydrogen-bond donors (Lipinski definition) is 2. The minimum Gasteiger partial charge on any atom is -0.493 e. The summed E-state index contributed by atoms with van der Waals surface area (Å²) in [6.07, 6.45) is 1.52. The first-order valence-corrected chi connectivity index (χ1v) is 11.5. The quantitative estimate of drug-likeness (QED) is 0.261. The van der Waals surface area contributed by atoms with Gasteiger partial charge in [-0.2, -0.15) is 5.10 Å². The Kier molecular flexibility index (Phi) is 9.77. The molecule has 0 saturated heterocycles. The molecule has 2 rings (SSSR count). The van der Waals surface area contributed by atoms with E-state index < -0.39 is 11.9 Å². The highest BCUT2D eigenvalue weighted by molar-refractivity contribution is 14.1. The molecule has 9 heteroatoms. The normalized spacial score (nSPS) is 12.2. The third kappa shape index (κ3) is 7.37. The topological polar surface area (TPSA) is 89.0 Å². The Bertz CT molecular complexity index is 995. The summed E-state index contributed by atoms with van der Waals surface area (Å²) < 4.78 is 12.1. The molecule has 2 aromatic carbocycles. The summed E-state index contributed by atoms with van der Waals surface area (Å²) in [5.74, 6) is 0.278. The fraction of sp³-hybridized carbons (Fsp3) is 0.348. The van der Waals surface area contributed by atoms with E-state index in [0.717, 1.165) is 9.13 Å². The second-order valence-corrected chi connectivity index (χ2v) is 9.24.